The number of halogens is 1. The topological polar surface area (TPSA) is 44.1 Å². The van der Waals surface area contributed by atoms with Crippen molar-refractivity contribution in [3.8, 4) is 6.07 Å². The molecule has 2 rings (SSSR count). The van der Waals surface area contributed by atoms with E-state index < -0.39 is 6.04 Å². The first kappa shape index (κ1) is 14.1. The quantitative estimate of drug-likeness (QED) is 0.807. The Kier molecular flexibility index (Phi) is 4.39. The van der Waals surface area contributed by atoms with Crippen molar-refractivity contribution in [1.29, 1.82) is 5.26 Å². The average Bonchev–Trinajstić information content (AvgIpc) is 2.49. The minimum Gasteiger partial charge on any atom is -0.353 e. The highest BCUT2D eigenvalue weighted by Crippen LogP contribution is 2.18. The van der Waals surface area contributed by atoms with Crippen LogP contribution >= 0.6 is 11.6 Å². The number of Topliss-reactive ketones (excluding diaryl/α,β-unsaturated/α-hetero) is 1. The summed E-state index contributed by atoms with van der Waals surface area (Å²) in [5.41, 5.74) is 1.30. The first-order valence-electron chi connectivity index (χ1n) is 6.11. The average molecular weight is 285 g/mol. The van der Waals surface area contributed by atoms with E-state index in [0.29, 0.717) is 10.6 Å². The van der Waals surface area contributed by atoms with Crippen molar-refractivity contribution < 1.29 is 4.79 Å². The molecule has 0 saturated carbocycles. The maximum atomic E-state index is 12.4. The summed E-state index contributed by atoms with van der Waals surface area (Å²) in [6.45, 7) is 0. The van der Waals surface area contributed by atoms with Gasteiger partial charge in [0.15, 0.2) is 11.8 Å². The van der Waals surface area contributed by atoms with E-state index in [-0.39, 0.29) is 5.78 Å². The summed E-state index contributed by atoms with van der Waals surface area (Å²) in [5.74, 6) is -0.240. The van der Waals surface area contributed by atoms with Crippen molar-refractivity contribution in [2.24, 2.45) is 0 Å². The summed E-state index contributed by atoms with van der Waals surface area (Å²) >= 11 is 5.80. The molecule has 0 aliphatic carbocycles. The Hall–Kier alpha value is -2.31. The molecule has 2 aromatic rings. The standard InChI is InChI=1S/C16H13ClN2O/c1-19(14-5-3-2-4-6-14)15(11-18)16(20)12-7-9-13(17)10-8-12/h2-10,15H,1H3. The fourth-order valence-corrected chi connectivity index (χ4v) is 2.03. The first-order chi connectivity index (χ1) is 9.63. The second-order valence-electron chi connectivity index (χ2n) is 4.35. The Morgan fingerprint density at radius 2 is 1.75 bits per heavy atom. The van der Waals surface area contributed by atoms with Crippen LogP contribution < -0.4 is 4.90 Å². The summed E-state index contributed by atoms with van der Waals surface area (Å²) < 4.78 is 0. The predicted octanol–water partition coefficient (Wildman–Crippen LogP) is 3.55. The van der Waals surface area contributed by atoms with Crippen molar-refractivity contribution in [1.82, 2.24) is 0 Å². The lowest BCUT2D eigenvalue weighted by Gasteiger charge is -2.23. The van der Waals surface area contributed by atoms with Gasteiger partial charge in [-0.2, -0.15) is 5.26 Å². The summed E-state index contributed by atoms with van der Waals surface area (Å²) in [5, 5.41) is 9.87. The fourth-order valence-electron chi connectivity index (χ4n) is 1.91. The maximum Gasteiger partial charge on any atom is 0.199 e. The van der Waals surface area contributed by atoms with E-state index in [1.54, 1.807) is 36.2 Å². The molecule has 0 aromatic heterocycles. The number of benzene rings is 2. The molecule has 0 fully saturated rings. The van der Waals surface area contributed by atoms with Gasteiger partial charge in [0.1, 0.15) is 0 Å². The summed E-state index contributed by atoms with van der Waals surface area (Å²) in [6.07, 6.45) is 0. The number of carbonyl (C=O) groups excluding carboxylic acids is 1. The molecule has 1 unspecified atom stereocenters. The summed E-state index contributed by atoms with van der Waals surface area (Å²) in [6, 6.07) is 17.1. The Balaban J connectivity index is 2.26. The molecule has 0 aliphatic heterocycles. The van der Waals surface area contributed by atoms with Crippen molar-refractivity contribution in [3.05, 3.63) is 65.2 Å². The third-order valence-corrected chi connectivity index (χ3v) is 3.30. The monoisotopic (exact) mass is 284 g/mol. The van der Waals surface area contributed by atoms with Gasteiger partial charge in [-0.1, -0.05) is 29.8 Å². The number of carbonyl (C=O) groups is 1. The van der Waals surface area contributed by atoms with E-state index in [1.165, 1.54) is 0 Å². The number of anilines is 1. The number of nitrogens with zero attached hydrogens (tertiary/aromatic N) is 2. The minimum atomic E-state index is -0.862. The number of nitriles is 1. The number of likely N-dealkylation sites (N-methyl/N-ethyl adjacent to an activating group) is 1. The molecule has 0 bridgehead atoms. The van der Waals surface area contributed by atoms with Crippen LogP contribution in [0, 0.1) is 11.3 Å². The van der Waals surface area contributed by atoms with Crippen LogP contribution in [-0.2, 0) is 0 Å². The zero-order valence-corrected chi connectivity index (χ0v) is 11.7. The highest BCUT2D eigenvalue weighted by atomic mass is 35.5. The van der Waals surface area contributed by atoms with Crippen molar-refractivity contribution in [3.63, 3.8) is 0 Å². The van der Waals surface area contributed by atoms with E-state index in [9.17, 15) is 10.1 Å². The van der Waals surface area contributed by atoms with Gasteiger partial charge in [-0.15, -0.1) is 0 Å². The molecule has 100 valence electrons. The van der Waals surface area contributed by atoms with E-state index in [2.05, 4.69) is 6.07 Å². The van der Waals surface area contributed by atoms with Crippen LogP contribution in [0.5, 0.6) is 0 Å². The Morgan fingerprint density at radius 1 is 1.15 bits per heavy atom. The highest BCUT2D eigenvalue weighted by Gasteiger charge is 2.24. The maximum absolute atomic E-state index is 12.4. The molecule has 0 heterocycles. The first-order valence-corrected chi connectivity index (χ1v) is 6.48. The van der Waals surface area contributed by atoms with Gasteiger partial charge in [0.25, 0.3) is 0 Å². The molecule has 4 heteroatoms. The molecule has 0 spiro atoms. The lowest BCUT2D eigenvalue weighted by atomic mass is 10.0. The normalized spacial score (nSPS) is 11.4. The van der Waals surface area contributed by atoms with Gasteiger partial charge in [0, 0.05) is 23.3 Å². The lowest BCUT2D eigenvalue weighted by molar-refractivity contribution is 0.0979. The van der Waals surface area contributed by atoms with Gasteiger partial charge in [0.2, 0.25) is 0 Å². The molecule has 0 radical (unpaired) electrons. The smallest absolute Gasteiger partial charge is 0.199 e. The van der Waals surface area contributed by atoms with Crippen molar-refractivity contribution in [2.45, 2.75) is 6.04 Å². The number of rotatable bonds is 4. The minimum absolute atomic E-state index is 0.240. The summed E-state index contributed by atoms with van der Waals surface area (Å²) in [7, 11) is 1.73. The fraction of sp³-hybridized carbons (Fsp3) is 0.125. The number of ketones is 1. The molecule has 0 amide bonds. The van der Waals surface area contributed by atoms with Gasteiger partial charge in [0.05, 0.1) is 6.07 Å². The van der Waals surface area contributed by atoms with Gasteiger partial charge < -0.3 is 4.90 Å². The third kappa shape index (κ3) is 2.98. The number of hydrogen-bond donors (Lipinski definition) is 0. The lowest BCUT2D eigenvalue weighted by Crippen LogP contribution is -2.37. The second-order valence-corrected chi connectivity index (χ2v) is 4.79. The molecule has 0 aliphatic rings. The van der Waals surface area contributed by atoms with Crippen LogP contribution in [0.1, 0.15) is 10.4 Å². The molecule has 3 nitrogen and oxygen atoms in total. The molecular formula is C16H13ClN2O. The molecular weight excluding hydrogens is 272 g/mol. The molecule has 20 heavy (non-hydrogen) atoms. The van der Waals surface area contributed by atoms with Crippen LogP contribution in [0.15, 0.2) is 54.6 Å². The highest BCUT2D eigenvalue weighted by molar-refractivity contribution is 6.30. The third-order valence-electron chi connectivity index (χ3n) is 3.05. The van der Waals surface area contributed by atoms with Gasteiger partial charge >= 0.3 is 0 Å². The van der Waals surface area contributed by atoms with Crippen LogP contribution in [0.2, 0.25) is 5.02 Å². The van der Waals surface area contributed by atoms with Gasteiger partial charge in [-0.3, -0.25) is 4.79 Å². The van der Waals surface area contributed by atoms with E-state index in [0.717, 1.165) is 5.69 Å². The Bertz CT molecular complexity index is 632. The van der Waals surface area contributed by atoms with Crippen molar-refractivity contribution >= 4 is 23.1 Å². The Labute approximate surface area is 123 Å². The predicted molar refractivity (Wildman–Crippen MR) is 80.0 cm³/mol. The zero-order chi connectivity index (χ0) is 14.5. The summed E-state index contributed by atoms with van der Waals surface area (Å²) in [4.78, 5) is 14.1. The van der Waals surface area contributed by atoms with Gasteiger partial charge in [-0.05, 0) is 36.4 Å². The largest absolute Gasteiger partial charge is 0.353 e. The molecule has 2 aromatic carbocycles. The molecule has 0 saturated heterocycles. The van der Waals surface area contributed by atoms with Crippen LogP contribution in [0.25, 0.3) is 0 Å². The Morgan fingerprint density at radius 3 is 2.30 bits per heavy atom. The van der Waals surface area contributed by atoms with Gasteiger partial charge in [-0.25, -0.2) is 0 Å². The number of hydrogen-bond acceptors (Lipinski definition) is 3. The second kappa shape index (κ2) is 6.23. The van der Waals surface area contributed by atoms with Crippen LogP contribution in [0.3, 0.4) is 0 Å². The van der Waals surface area contributed by atoms with E-state index >= 15 is 0 Å². The van der Waals surface area contributed by atoms with E-state index in [4.69, 9.17) is 11.6 Å². The van der Waals surface area contributed by atoms with Crippen LogP contribution in [-0.4, -0.2) is 18.9 Å². The van der Waals surface area contributed by atoms with Crippen LogP contribution in [0.4, 0.5) is 5.69 Å². The van der Waals surface area contributed by atoms with Crippen molar-refractivity contribution in [2.75, 3.05) is 11.9 Å². The number of para-hydroxylation sites is 1. The molecule has 1 atom stereocenters. The SMILES string of the molecule is CN(c1ccccc1)C(C#N)C(=O)c1ccc(Cl)cc1. The molecule has 0 N–H and O–H groups in total. The van der Waals surface area contributed by atoms with E-state index in [1.807, 2.05) is 30.3 Å². The zero-order valence-electron chi connectivity index (χ0n) is 11.0.